The number of hydrogen-bond acceptors (Lipinski definition) is 2. The van der Waals surface area contributed by atoms with Crippen LogP contribution in [-0.2, 0) is 6.54 Å². The van der Waals surface area contributed by atoms with Crippen LogP contribution < -0.4 is 0 Å². The first-order valence-corrected chi connectivity index (χ1v) is 7.86. The summed E-state index contributed by atoms with van der Waals surface area (Å²) in [6, 6.07) is 11.9. The first-order valence-electron chi connectivity index (χ1n) is 7.07. The van der Waals surface area contributed by atoms with Gasteiger partial charge < -0.3 is 4.90 Å². The summed E-state index contributed by atoms with van der Waals surface area (Å²) in [4.78, 5) is 18.7. The molecule has 0 saturated carbocycles. The fraction of sp³-hybridized carbons (Fsp3) is 0.294. The van der Waals surface area contributed by atoms with Crippen LogP contribution in [0.1, 0.15) is 35.0 Å². The van der Waals surface area contributed by atoms with Crippen LogP contribution in [0.15, 0.2) is 47.1 Å². The fourth-order valence-electron chi connectivity index (χ4n) is 2.13. The molecule has 1 aromatic carbocycles. The molecule has 0 bridgehead atoms. The maximum absolute atomic E-state index is 12.7. The molecular weight excluding hydrogens is 328 g/mol. The smallest absolute Gasteiger partial charge is 0.273 e. The quantitative estimate of drug-likeness (QED) is 0.812. The molecule has 1 heterocycles. The van der Waals surface area contributed by atoms with Gasteiger partial charge in [-0.3, -0.25) is 4.79 Å². The van der Waals surface area contributed by atoms with Crippen molar-refractivity contribution in [3.8, 4) is 0 Å². The summed E-state index contributed by atoms with van der Waals surface area (Å²) in [7, 11) is 0. The molecule has 1 aromatic heterocycles. The van der Waals surface area contributed by atoms with E-state index >= 15 is 0 Å². The Kier molecular flexibility index (Phi) is 5.51. The van der Waals surface area contributed by atoms with E-state index in [9.17, 15) is 4.79 Å². The van der Waals surface area contributed by atoms with Crippen molar-refractivity contribution in [2.75, 3.05) is 6.54 Å². The highest BCUT2D eigenvalue weighted by molar-refractivity contribution is 9.10. The Morgan fingerprint density at radius 3 is 2.57 bits per heavy atom. The SMILES string of the molecule is CCCN(Cc1ccc(C)cc1)C(=O)c1ncccc1Br. The summed E-state index contributed by atoms with van der Waals surface area (Å²) in [5, 5.41) is 0. The van der Waals surface area contributed by atoms with E-state index in [-0.39, 0.29) is 5.91 Å². The zero-order valence-electron chi connectivity index (χ0n) is 12.3. The molecule has 0 aliphatic carbocycles. The van der Waals surface area contributed by atoms with Gasteiger partial charge in [-0.05, 0) is 47.0 Å². The Morgan fingerprint density at radius 2 is 1.95 bits per heavy atom. The van der Waals surface area contributed by atoms with Crippen molar-refractivity contribution in [2.45, 2.75) is 26.8 Å². The maximum atomic E-state index is 12.7. The lowest BCUT2D eigenvalue weighted by molar-refractivity contribution is 0.0736. The lowest BCUT2D eigenvalue weighted by Crippen LogP contribution is -2.32. The Balaban J connectivity index is 2.20. The van der Waals surface area contributed by atoms with Gasteiger partial charge in [0.15, 0.2) is 0 Å². The van der Waals surface area contributed by atoms with Crippen molar-refractivity contribution in [3.05, 3.63) is 63.9 Å². The van der Waals surface area contributed by atoms with Gasteiger partial charge in [-0.2, -0.15) is 0 Å². The van der Waals surface area contributed by atoms with Gasteiger partial charge in [-0.15, -0.1) is 0 Å². The number of hydrogen-bond donors (Lipinski definition) is 0. The molecule has 0 radical (unpaired) electrons. The van der Waals surface area contributed by atoms with Crippen LogP contribution in [0.4, 0.5) is 0 Å². The first-order chi connectivity index (χ1) is 10.1. The minimum atomic E-state index is -0.0371. The second kappa shape index (κ2) is 7.36. The molecule has 0 spiro atoms. The van der Waals surface area contributed by atoms with Crippen LogP contribution in [0.2, 0.25) is 0 Å². The van der Waals surface area contributed by atoms with E-state index in [1.54, 1.807) is 6.20 Å². The third-order valence-corrected chi connectivity index (χ3v) is 3.88. The number of nitrogens with zero attached hydrogens (tertiary/aromatic N) is 2. The van der Waals surface area contributed by atoms with Crippen molar-refractivity contribution < 1.29 is 4.79 Å². The molecule has 0 unspecified atom stereocenters. The standard InChI is InChI=1S/C17H19BrN2O/c1-3-11-20(12-14-8-6-13(2)7-9-14)17(21)16-15(18)5-4-10-19-16/h4-10H,3,11-12H2,1-2H3. The Labute approximate surface area is 134 Å². The highest BCUT2D eigenvalue weighted by atomic mass is 79.9. The summed E-state index contributed by atoms with van der Waals surface area (Å²) in [5.74, 6) is -0.0371. The molecule has 0 atom stereocenters. The molecule has 21 heavy (non-hydrogen) atoms. The molecule has 0 saturated heterocycles. The van der Waals surface area contributed by atoms with E-state index in [4.69, 9.17) is 0 Å². The maximum Gasteiger partial charge on any atom is 0.273 e. The van der Waals surface area contributed by atoms with E-state index in [0.29, 0.717) is 12.2 Å². The highest BCUT2D eigenvalue weighted by Crippen LogP contribution is 2.17. The third kappa shape index (κ3) is 4.14. The zero-order valence-corrected chi connectivity index (χ0v) is 13.9. The van der Waals surface area contributed by atoms with Crippen LogP contribution in [0.25, 0.3) is 0 Å². The predicted octanol–water partition coefficient (Wildman–Crippen LogP) is 4.20. The number of amides is 1. The minimum Gasteiger partial charge on any atom is -0.333 e. The number of halogens is 1. The van der Waals surface area contributed by atoms with Crippen LogP contribution in [0, 0.1) is 6.92 Å². The lowest BCUT2D eigenvalue weighted by atomic mass is 10.1. The molecule has 2 aromatic rings. The van der Waals surface area contributed by atoms with Crippen molar-refractivity contribution in [1.82, 2.24) is 9.88 Å². The number of benzene rings is 1. The molecule has 0 fully saturated rings. The molecule has 4 heteroatoms. The number of pyridine rings is 1. The number of rotatable bonds is 5. The van der Waals surface area contributed by atoms with Crippen molar-refractivity contribution in [2.24, 2.45) is 0 Å². The molecular formula is C17H19BrN2O. The van der Waals surface area contributed by atoms with Gasteiger partial charge in [0, 0.05) is 23.8 Å². The molecule has 110 valence electrons. The van der Waals surface area contributed by atoms with E-state index in [0.717, 1.165) is 23.0 Å². The first kappa shape index (κ1) is 15.7. The van der Waals surface area contributed by atoms with E-state index in [1.807, 2.05) is 17.0 Å². The van der Waals surface area contributed by atoms with Gasteiger partial charge >= 0.3 is 0 Å². The predicted molar refractivity (Wildman–Crippen MR) is 88.1 cm³/mol. The van der Waals surface area contributed by atoms with Gasteiger partial charge in [0.05, 0.1) is 0 Å². The molecule has 3 nitrogen and oxygen atoms in total. The van der Waals surface area contributed by atoms with Crippen molar-refractivity contribution in [1.29, 1.82) is 0 Å². The van der Waals surface area contributed by atoms with Gasteiger partial charge in [0.1, 0.15) is 5.69 Å². The monoisotopic (exact) mass is 346 g/mol. The molecule has 1 amide bonds. The summed E-state index contributed by atoms with van der Waals surface area (Å²) in [6.45, 7) is 5.46. The summed E-state index contributed by atoms with van der Waals surface area (Å²) in [5.41, 5.74) is 2.83. The van der Waals surface area contributed by atoms with E-state index < -0.39 is 0 Å². The van der Waals surface area contributed by atoms with Gasteiger partial charge in [-0.1, -0.05) is 36.8 Å². The summed E-state index contributed by atoms with van der Waals surface area (Å²) in [6.07, 6.45) is 2.57. The van der Waals surface area contributed by atoms with Crippen LogP contribution in [-0.4, -0.2) is 22.3 Å². The number of carbonyl (C=O) groups excluding carboxylic acids is 1. The molecule has 0 aliphatic rings. The second-order valence-corrected chi connectivity index (χ2v) is 5.90. The summed E-state index contributed by atoms with van der Waals surface area (Å²) >= 11 is 3.40. The van der Waals surface area contributed by atoms with Crippen LogP contribution >= 0.6 is 15.9 Å². The third-order valence-electron chi connectivity index (χ3n) is 3.24. The zero-order chi connectivity index (χ0) is 15.2. The lowest BCUT2D eigenvalue weighted by Gasteiger charge is -2.22. The Hall–Kier alpha value is -1.68. The van der Waals surface area contributed by atoms with Gasteiger partial charge in [0.2, 0.25) is 0 Å². The van der Waals surface area contributed by atoms with Gasteiger partial charge in [0.25, 0.3) is 5.91 Å². The highest BCUT2D eigenvalue weighted by Gasteiger charge is 2.18. The van der Waals surface area contributed by atoms with E-state index in [1.165, 1.54) is 5.56 Å². The average molecular weight is 347 g/mol. The van der Waals surface area contributed by atoms with Crippen molar-refractivity contribution in [3.63, 3.8) is 0 Å². The van der Waals surface area contributed by atoms with Crippen LogP contribution in [0.5, 0.6) is 0 Å². The minimum absolute atomic E-state index is 0.0371. The van der Waals surface area contributed by atoms with Crippen molar-refractivity contribution >= 4 is 21.8 Å². The topological polar surface area (TPSA) is 33.2 Å². The summed E-state index contributed by atoms with van der Waals surface area (Å²) < 4.78 is 0.736. The Morgan fingerprint density at radius 1 is 1.24 bits per heavy atom. The second-order valence-electron chi connectivity index (χ2n) is 5.05. The van der Waals surface area contributed by atoms with Gasteiger partial charge in [-0.25, -0.2) is 4.98 Å². The fourth-order valence-corrected chi connectivity index (χ4v) is 2.55. The molecule has 0 N–H and O–H groups in total. The number of carbonyl (C=O) groups is 1. The largest absolute Gasteiger partial charge is 0.333 e. The average Bonchev–Trinajstić information content (AvgIpc) is 2.49. The number of aromatic nitrogens is 1. The van der Waals surface area contributed by atoms with Crippen LogP contribution in [0.3, 0.4) is 0 Å². The normalized spacial score (nSPS) is 10.4. The Bertz CT molecular complexity index is 610. The molecule has 0 aliphatic heterocycles. The number of aryl methyl sites for hydroxylation is 1. The molecule has 2 rings (SSSR count). The van der Waals surface area contributed by atoms with E-state index in [2.05, 4.69) is 59.0 Å².